The van der Waals surface area contributed by atoms with Crippen LogP contribution in [0.15, 0.2) is 45.8 Å². The Bertz CT molecular complexity index is 976. The zero-order valence-electron chi connectivity index (χ0n) is 14.4. The largest absolute Gasteiger partial charge is 0.308 e. The summed E-state index contributed by atoms with van der Waals surface area (Å²) in [4.78, 5) is 14.8. The second kappa shape index (κ2) is 7.31. The van der Waals surface area contributed by atoms with Gasteiger partial charge in [-0.2, -0.15) is 0 Å². The Morgan fingerprint density at radius 2 is 1.92 bits per heavy atom. The van der Waals surface area contributed by atoms with E-state index in [0.29, 0.717) is 6.54 Å². The number of nitrogens with zero attached hydrogens (tertiary/aromatic N) is 2. The number of sulfonamides is 1. The Hall–Kier alpha value is -1.41. The maximum absolute atomic E-state index is 13.1. The number of carbonyl (C=O) groups is 1. The summed E-state index contributed by atoms with van der Waals surface area (Å²) in [6, 6.07) is 10.0. The fraction of sp³-hybridized carbons (Fsp3) is 0.278. The van der Waals surface area contributed by atoms with Crippen molar-refractivity contribution in [1.82, 2.24) is 4.31 Å². The van der Waals surface area contributed by atoms with E-state index in [1.54, 1.807) is 4.90 Å². The summed E-state index contributed by atoms with van der Waals surface area (Å²) in [7, 11) is -0.752. The Labute approximate surface area is 166 Å². The normalized spacial score (nSPS) is 14.4. The van der Waals surface area contributed by atoms with Crippen LogP contribution in [0, 0.1) is 0 Å². The molecule has 0 atom stereocenters. The van der Waals surface area contributed by atoms with Crippen LogP contribution in [-0.2, 0) is 16.4 Å². The molecule has 0 unspecified atom stereocenters. The maximum Gasteiger partial charge on any atom is 0.259 e. The number of aryl methyl sites for hydroxylation is 1. The molecule has 0 bridgehead atoms. The van der Waals surface area contributed by atoms with Crippen molar-refractivity contribution in [3.8, 4) is 0 Å². The van der Waals surface area contributed by atoms with Gasteiger partial charge in [-0.05, 0) is 54.8 Å². The lowest BCUT2D eigenvalue weighted by atomic mass is 10.0. The molecular weight excluding hydrogens is 440 g/mol. The van der Waals surface area contributed by atoms with E-state index in [-0.39, 0.29) is 21.4 Å². The number of hydrogen-bond acceptors (Lipinski definition) is 3. The average molecular weight is 458 g/mol. The smallest absolute Gasteiger partial charge is 0.259 e. The Kier molecular flexibility index (Phi) is 5.44. The third-order valence-electron chi connectivity index (χ3n) is 4.35. The lowest BCUT2D eigenvalue weighted by molar-refractivity contribution is 0.0985. The molecule has 3 rings (SSSR count). The molecule has 1 heterocycles. The van der Waals surface area contributed by atoms with Gasteiger partial charge in [0, 0.05) is 30.8 Å². The molecule has 2 aromatic rings. The summed E-state index contributed by atoms with van der Waals surface area (Å²) in [5, 5.41) is 0.233. The number of fused-ring (bicyclic) bond motifs is 1. The van der Waals surface area contributed by atoms with Crippen LogP contribution in [-0.4, -0.2) is 39.3 Å². The maximum atomic E-state index is 13.1. The number of benzene rings is 2. The van der Waals surface area contributed by atoms with E-state index in [9.17, 15) is 13.2 Å². The van der Waals surface area contributed by atoms with E-state index >= 15 is 0 Å². The van der Waals surface area contributed by atoms with Gasteiger partial charge in [-0.1, -0.05) is 27.5 Å². The van der Waals surface area contributed by atoms with Gasteiger partial charge in [0.05, 0.1) is 15.5 Å². The Morgan fingerprint density at radius 3 is 2.62 bits per heavy atom. The summed E-state index contributed by atoms with van der Waals surface area (Å²) >= 11 is 9.68. The molecule has 0 saturated carbocycles. The highest BCUT2D eigenvalue weighted by molar-refractivity contribution is 9.10. The topological polar surface area (TPSA) is 57.7 Å². The third-order valence-corrected chi connectivity index (χ3v) is 6.99. The van der Waals surface area contributed by atoms with Crippen molar-refractivity contribution in [2.24, 2.45) is 0 Å². The van der Waals surface area contributed by atoms with E-state index < -0.39 is 10.0 Å². The van der Waals surface area contributed by atoms with Crippen LogP contribution < -0.4 is 4.90 Å². The molecule has 1 aliphatic heterocycles. The molecule has 0 aromatic heterocycles. The van der Waals surface area contributed by atoms with E-state index in [0.717, 1.165) is 32.9 Å². The minimum Gasteiger partial charge on any atom is -0.308 e. The van der Waals surface area contributed by atoms with Gasteiger partial charge in [-0.15, -0.1) is 0 Å². The van der Waals surface area contributed by atoms with Crippen LogP contribution in [0.25, 0.3) is 0 Å². The summed E-state index contributed by atoms with van der Waals surface area (Å²) in [6.45, 7) is 0.564. The molecule has 2 aromatic carbocycles. The zero-order valence-corrected chi connectivity index (χ0v) is 17.5. The lowest BCUT2D eigenvalue weighted by Crippen LogP contribution is -2.35. The van der Waals surface area contributed by atoms with Crippen molar-refractivity contribution in [2.45, 2.75) is 17.7 Å². The highest BCUT2D eigenvalue weighted by atomic mass is 79.9. The number of hydrogen-bond donors (Lipinski definition) is 0. The molecule has 0 fully saturated rings. The number of amides is 1. The summed E-state index contributed by atoms with van der Waals surface area (Å²) < 4.78 is 26.8. The van der Waals surface area contributed by atoms with Crippen LogP contribution in [0.3, 0.4) is 0 Å². The highest BCUT2D eigenvalue weighted by Crippen LogP contribution is 2.32. The number of halogens is 2. The Balaban J connectivity index is 2.05. The molecule has 0 N–H and O–H groups in total. The first-order valence-corrected chi connectivity index (χ1v) is 10.7. The molecule has 0 radical (unpaired) electrons. The highest BCUT2D eigenvalue weighted by Gasteiger charge is 2.27. The quantitative estimate of drug-likeness (QED) is 0.701. The molecule has 0 aliphatic carbocycles. The van der Waals surface area contributed by atoms with E-state index in [2.05, 4.69) is 15.9 Å². The number of rotatable bonds is 3. The number of carbonyl (C=O) groups excluding carboxylic acids is 1. The van der Waals surface area contributed by atoms with Gasteiger partial charge < -0.3 is 4.90 Å². The van der Waals surface area contributed by atoms with E-state index in [1.807, 2.05) is 18.2 Å². The van der Waals surface area contributed by atoms with Crippen molar-refractivity contribution in [1.29, 1.82) is 0 Å². The molecule has 1 aliphatic rings. The fourth-order valence-corrected chi connectivity index (χ4v) is 4.50. The van der Waals surface area contributed by atoms with Gasteiger partial charge in [-0.25, -0.2) is 12.7 Å². The van der Waals surface area contributed by atoms with Gasteiger partial charge >= 0.3 is 0 Å². The zero-order chi connectivity index (χ0) is 19.1. The van der Waals surface area contributed by atoms with E-state index in [1.165, 1.54) is 32.3 Å². The van der Waals surface area contributed by atoms with Gasteiger partial charge in [0.1, 0.15) is 0 Å². The molecule has 138 valence electrons. The second-order valence-electron chi connectivity index (χ2n) is 6.26. The monoisotopic (exact) mass is 456 g/mol. The van der Waals surface area contributed by atoms with Gasteiger partial charge in [-0.3, -0.25) is 4.79 Å². The summed E-state index contributed by atoms with van der Waals surface area (Å²) in [6.07, 6.45) is 1.73. The molecular formula is C18H18BrClN2O3S. The Morgan fingerprint density at radius 1 is 1.19 bits per heavy atom. The van der Waals surface area contributed by atoms with Crippen molar-refractivity contribution in [2.75, 3.05) is 25.5 Å². The first-order valence-electron chi connectivity index (χ1n) is 8.04. The predicted octanol–water partition coefficient (Wildman–Crippen LogP) is 3.95. The molecule has 0 saturated heterocycles. The summed E-state index contributed by atoms with van der Waals surface area (Å²) in [5.41, 5.74) is 2.10. The van der Waals surface area contributed by atoms with E-state index in [4.69, 9.17) is 11.6 Å². The van der Waals surface area contributed by atoms with Crippen LogP contribution >= 0.6 is 27.5 Å². The van der Waals surface area contributed by atoms with Gasteiger partial charge in [0.2, 0.25) is 10.0 Å². The molecule has 0 spiro atoms. The standard InChI is InChI=1S/C18H18BrClN2O3S/c1-21(2)26(24,25)14-6-7-16(20)15(11-14)18(23)22-9-3-4-12-10-13(19)5-8-17(12)22/h5-8,10-11H,3-4,9H2,1-2H3. The minimum atomic E-state index is -3.65. The first-order chi connectivity index (χ1) is 12.2. The fourth-order valence-electron chi connectivity index (χ4n) is 2.96. The molecule has 5 nitrogen and oxygen atoms in total. The lowest BCUT2D eigenvalue weighted by Gasteiger charge is -2.30. The molecule has 26 heavy (non-hydrogen) atoms. The first kappa shape index (κ1) is 19.4. The molecule has 8 heteroatoms. The minimum absolute atomic E-state index is 0.0447. The van der Waals surface area contributed by atoms with Crippen molar-refractivity contribution in [3.05, 3.63) is 57.0 Å². The van der Waals surface area contributed by atoms with Gasteiger partial charge in [0.25, 0.3) is 5.91 Å². The second-order valence-corrected chi connectivity index (χ2v) is 9.74. The average Bonchev–Trinajstić information content (AvgIpc) is 2.60. The van der Waals surface area contributed by atoms with Crippen molar-refractivity contribution in [3.63, 3.8) is 0 Å². The van der Waals surface area contributed by atoms with Gasteiger partial charge in [0.15, 0.2) is 0 Å². The number of anilines is 1. The van der Waals surface area contributed by atoms with Crippen molar-refractivity contribution >= 4 is 49.1 Å². The van der Waals surface area contributed by atoms with Crippen LogP contribution in [0.2, 0.25) is 5.02 Å². The van der Waals surface area contributed by atoms with Crippen LogP contribution in [0.1, 0.15) is 22.3 Å². The van der Waals surface area contributed by atoms with Crippen molar-refractivity contribution < 1.29 is 13.2 Å². The molecule has 1 amide bonds. The predicted molar refractivity (Wildman–Crippen MR) is 106 cm³/mol. The van der Waals surface area contributed by atoms with Crippen LogP contribution in [0.4, 0.5) is 5.69 Å². The third kappa shape index (κ3) is 3.53. The van der Waals surface area contributed by atoms with Crippen LogP contribution in [0.5, 0.6) is 0 Å². The SMILES string of the molecule is CN(C)S(=O)(=O)c1ccc(Cl)c(C(=O)N2CCCc3cc(Br)ccc32)c1. The summed E-state index contributed by atoms with van der Waals surface area (Å²) in [5.74, 6) is -0.297.